The summed E-state index contributed by atoms with van der Waals surface area (Å²) >= 11 is 3.61. The molecule has 1 aromatic carbocycles. The monoisotopic (exact) mass is 1410 g/mol. The van der Waals surface area contributed by atoms with Gasteiger partial charge in [0.15, 0.2) is 0 Å². The fraction of sp³-hybridized carbons (Fsp3) is 0.529. The third kappa shape index (κ3) is 145. The molecule has 0 spiro atoms. The number of aromatic nitrogens is 9. The smallest absolute Gasteiger partial charge is 0.125 e. The molecular weight excluding hydrogens is 1240 g/mol. The van der Waals surface area contributed by atoms with Crippen LogP contribution in [-0.4, -0.2) is 44.9 Å². The molecule has 9 rings (SSSR count). The number of pyridine rings is 3. The van der Waals surface area contributed by atoms with E-state index in [1.54, 1.807) is 84.5 Å². The molecule has 98 heavy (non-hydrogen) atoms. The summed E-state index contributed by atoms with van der Waals surface area (Å²) in [6.45, 7) is 86.4. The Bertz CT molecular complexity index is 1900. The van der Waals surface area contributed by atoms with Crippen molar-refractivity contribution in [1.82, 2.24) is 44.9 Å². The summed E-state index contributed by atoms with van der Waals surface area (Å²) in [4.78, 5) is 37.5. The molecule has 9 aromatic rings. The van der Waals surface area contributed by atoms with Gasteiger partial charge >= 0.3 is 0 Å². The van der Waals surface area contributed by atoms with E-state index in [0.29, 0.717) is 0 Å². The second-order valence-electron chi connectivity index (χ2n) is 13.6. The zero-order valence-electron chi connectivity index (χ0n) is 70.7. The molecule has 0 fully saturated rings. The minimum Gasteiger partial charge on any atom is -0.265 e. The normalized spacial score (nSPS) is 6.68. The molecule has 0 N–H and O–H groups in total. The molecule has 0 unspecified atom stereocenters. The Morgan fingerprint density at radius 1 is 0.224 bits per heavy atom. The first-order valence-corrected chi connectivity index (χ1v) is 37.9. The molecule has 9 nitrogen and oxygen atoms in total. The Hall–Kier alpha value is -6.69. The highest BCUT2D eigenvalue weighted by molar-refractivity contribution is 7.10. The third-order valence-electron chi connectivity index (χ3n) is 7.76. The van der Waals surface area contributed by atoms with E-state index < -0.39 is 0 Å². The summed E-state index contributed by atoms with van der Waals surface area (Å²) in [6.07, 6.45) is 20.7. The van der Waals surface area contributed by atoms with Gasteiger partial charge in [0, 0.05) is 83.1 Å². The van der Waals surface area contributed by atoms with E-state index in [2.05, 4.69) is 115 Å². The summed E-state index contributed by atoms with van der Waals surface area (Å²) < 4.78 is 0. The lowest BCUT2D eigenvalue weighted by Crippen LogP contribution is -1.80. The number of benzene rings is 1. The highest BCUT2D eigenvalue weighted by Crippen LogP contribution is 2.13. The SMILES string of the molecule is C.C.C.CC.CC.CC.CC.CC.CC.CC.CC.CC.CC.CC.CC.CC.CC.CC.CC.Cc1ccccc1.Cc1ccccn1.Cc1cccnc1.Cc1ccncc1.Cc1ccncn1.Cc1ccsc1C.Cc1ccsc1C.Cc1cncnc1.Cc1ncccn1. The summed E-state index contributed by atoms with van der Waals surface area (Å²) in [7, 11) is 0. The molecular formula is C87H171N9S2. The maximum atomic E-state index is 3.98. The van der Waals surface area contributed by atoms with E-state index in [0.717, 1.165) is 22.8 Å². The molecule has 8 heterocycles. The van der Waals surface area contributed by atoms with E-state index in [1.807, 2.05) is 336 Å². The predicted octanol–water partition coefficient (Wildman–Crippen LogP) is 31.6. The van der Waals surface area contributed by atoms with Gasteiger partial charge in [0.2, 0.25) is 0 Å². The average Bonchev–Trinajstić information content (AvgIpc) is 2.34. The van der Waals surface area contributed by atoms with Crippen LogP contribution in [0.5, 0.6) is 0 Å². The molecule has 0 aliphatic carbocycles. The fourth-order valence-corrected chi connectivity index (χ4v) is 5.32. The zero-order valence-corrected chi connectivity index (χ0v) is 72.3. The largest absolute Gasteiger partial charge is 0.265 e. The molecule has 0 radical (unpaired) electrons. The topological polar surface area (TPSA) is 116 Å². The summed E-state index contributed by atoms with van der Waals surface area (Å²) in [6, 6.07) is 31.9. The van der Waals surface area contributed by atoms with E-state index in [4.69, 9.17) is 0 Å². The average molecular weight is 1410 g/mol. The van der Waals surface area contributed by atoms with Gasteiger partial charge in [-0.25, -0.2) is 29.9 Å². The maximum absolute atomic E-state index is 3.98. The third-order valence-corrected chi connectivity index (χ3v) is 9.66. The Morgan fingerprint density at radius 3 is 0.704 bits per heavy atom. The van der Waals surface area contributed by atoms with Gasteiger partial charge < -0.3 is 0 Å². The highest BCUT2D eigenvalue weighted by Gasteiger charge is 1.88. The van der Waals surface area contributed by atoms with Crippen molar-refractivity contribution in [2.24, 2.45) is 0 Å². The Morgan fingerprint density at radius 2 is 0.551 bits per heavy atom. The van der Waals surface area contributed by atoms with Crippen molar-refractivity contribution in [2.75, 3.05) is 0 Å². The lowest BCUT2D eigenvalue weighted by Gasteiger charge is -1.82. The van der Waals surface area contributed by atoms with Crippen LogP contribution in [0, 0.1) is 76.2 Å². The number of thiophene rings is 2. The molecule has 8 aromatic heterocycles. The van der Waals surface area contributed by atoms with Crippen LogP contribution in [0.4, 0.5) is 0 Å². The number of rotatable bonds is 0. The number of hydrogen-bond acceptors (Lipinski definition) is 11. The Labute approximate surface area is 626 Å². The molecule has 0 amide bonds. The van der Waals surface area contributed by atoms with Gasteiger partial charge in [-0.15, -0.1) is 22.7 Å². The second kappa shape index (κ2) is 159. The van der Waals surface area contributed by atoms with E-state index in [-0.39, 0.29) is 22.3 Å². The van der Waals surface area contributed by atoms with E-state index in [9.17, 15) is 0 Å². The lowest BCUT2D eigenvalue weighted by molar-refractivity contribution is 1.05. The first kappa shape index (κ1) is 142. The van der Waals surface area contributed by atoms with Gasteiger partial charge in [-0.3, -0.25) is 15.0 Å². The summed E-state index contributed by atoms with van der Waals surface area (Å²) in [5.41, 5.74) is 9.79. The number of aryl methyl sites for hydroxylation is 11. The lowest BCUT2D eigenvalue weighted by atomic mass is 10.2. The van der Waals surface area contributed by atoms with E-state index >= 15 is 0 Å². The van der Waals surface area contributed by atoms with Crippen LogP contribution in [0.2, 0.25) is 0 Å². The zero-order chi connectivity index (χ0) is 78.3. The Kier molecular flexibility index (Phi) is 231. The molecule has 0 aliphatic heterocycles. The molecule has 0 saturated heterocycles. The Balaban J connectivity index is -0.0000000399. The van der Waals surface area contributed by atoms with Crippen molar-refractivity contribution in [2.45, 2.75) is 320 Å². The molecule has 11 heteroatoms. The van der Waals surface area contributed by atoms with Gasteiger partial charge in [0.25, 0.3) is 0 Å². The summed E-state index contributed by atoms with van der Waals surface area (Å²) in [5, 5.41) is 4.23. The highest BCUT2D eigenvalue weighted by atomic mass is 32.1. The van der Waals surface area contributed by atoms with Gasteiger partial charge in [0.05, 0.1) is 0 Å². The first-order valence-electron chi connectivity index (χ1n) is 36.2. The van der Waals surface area contributed by atoms with Crippen LogP contribution in [0.15, 0.2) is 182 Å². The molecule has 0 atom stereocenters. The van der Waals surface area contributed by atoms with Crippen molar-refractivity contribution < 1.29 is 0 Å². The van der Waals surface area contributed by atoms with Crippen LogP contribution < -0.4 is 0 Å². The van der Waals surface area contributed by atoms with Crippen molar-refractivity contribution in [3.8, 4) is 0 Å². The van der Waals surface area contributed by atoms with Crippen molar-refractivity contribution in [1.29, 1.82) is 0 Å². The van der Waals surface area contributed by atoms with Crippen molar-refractivity contribution >= 4 is 22.7 Å². The van der Waals surface area contributed by atoms with Gasteiger partial charge in [0.1, 0.15) is 18.5 Å². The molecule has 0 bridgehead atoms. The van der Waals surface area contributed by atoms with Crippen LogP contribution in [-0.2, 0) is 0 Å². The molecule has 0 saturated carbocycles. The summed E-state index contributed by atoms with van der Waals surface area (Å²) in [5.74, 6) is 0.822. The predicted molar refractivity (Wildman–Crippen MR) is 468 cm³/mol. The maximum Gasteiger partial charge on any atom is 0.125 e. The van der Waals surface area contributed by atoms with Gasteiger partial charge in [-0.2, -0.15) is 0 Å². The van der Waals surface area contributed by atoms with Gasteiger partial charge in [-0.05, 0) is 169 Å². The van der Waals surface area contributed by atoms with Crippen LogP contribution in [0.25, 0.3) is 0 Å². The number of hydrogen-bond donors (Lipinski definition) is 0. The minimum absolute atomic E-state index is 0. The van der Waals surface area contributed by atoms with Crippen LogP contribution >= 0.6 is 22.7 Å². The standard InChI is InChI=1S/C7H8.3C6H7N.2C6H8S.3C5H6N2.16C2H6.3CH4/c1-7-5-3-2-4-6-7;1-6-2-4-7-5-3-6;1-6-3-2-4-7-5-6;1-6-4-2-3-5-7-6;2*1-5-3-4-7-6(5)2;1-5-2-6-4-7-3-5;1-5-2-3-6-4-7-5;1-5-6-3-2-4-7-5;16*1-2;;;/h2-6H,1H3;3*2-5H,1H3;2*3-4H,1-2H3;3*2-4H,1H3;16*1-2H3;3*1H4. The quantitative estimate of drug-likeness (QED) is 0.146. The van der Waals surface area contributed by atoms with E-state index in [1.165, 1.54) is 50.2 Å². The van der Waals surface area contributed by atoms with Crippen molar-refractivity contribution in [3.05, 3.63) is 243 Å². The second-order valence-corrected chi connectivity index (χ2v) is 15.8. The molecule has 576 valence electrons. The van der Waals surface area contributed by atoms with Crippen molar-refractivity contribution in [3.63, 3.8) is 0 Å². The first-order chi connectivity index (χ1) is 46.4. The van der Waals surface area contributed by atoms with Gasteiger partial charge in [-0.1, -0.05) is 292 Å². The minimum atomic E-state index is 0. The van der Waals surface area contributed by atoms with Crippen LogP contribution in [0.1, 0.15) is 304 Å². The fourth-order valence-electron chi connectivity index (χ4n) is 3.86. The molecule has 0 aliphatic rings. The number of nitrogens with zero attached hydrogens (tertiary/aromatic N) is 9. The van der Waals surface area contributed by atoms with Crippen LogP contribution in [0.3, 0.4) is 0 Å².